The number of aromatic nitrogens is 2. The molecule has 26 heavy (non-hydrogen) atoms. The predicted molar refractivity (Wildman–Crippen MR) is 110 cm³/mol. The highest BCUT2D eigenvalue weighted by molar-refractivity contribution is 7.80. The second-order valence-electron chi connectivity index (χ2n) is 6.88. The van der Waals surface area contributed by atoms with Crippen molar-refractivity contribution in [2.24, 2.45) is 0 Å². The molecule has 0 atom stereocenters. The lowest BCUT2D eigenvalue weighted by molar-refractivity contribution is 0.196. The van der Waals surface area contributed by atoms with Gasteiger partial charge in [-0.3, -0.25) is 0 Å². The summed E-state index contributed by atoms with van der Waals surface area (Å²) in [5.41, 5.74) is 0. The summed E-state index contributed by atoms with van der Waals surface area (Å²) in [7, 11) is 1.70. The molecule has 1 aromatic rings. The second kappa shape index (κ2) is 9.87. The van der Waals surface area contributed by atoms with Gasteiger partial charge in [-0.1, -0.05) is 0 Å². The topological polar surface area (TPSA) is 65.6 Å². The number of anilines is 3. The van der Waals surface area contributed by atoms with Gasteiger partial charge in [-0.2, -0.15) is 9.97 Å². The maximum absolute atomic E-state index is 5.39. The summed E-state index contributed by atoms with van der Waals surface area (Å²) in [6.45, 7) is 5.75. The minimum absolute atomic E-state index is 0.560. The smallest absolute Gasteiger partial charge is 0.232 e. The lowest BCUT2D eigenvalue weighted by atomic mass is 10.1. The van der Waals surface area contributed by atoms with Crippen LogP contribution in [0.15, 0.2) is 6.07 Å². The van der Waals surface area contributed by atoms with E-state index in [1.165, 1.54) is 32.1 Å². The van der Waals surface area contributed by atoms with Crippen LogP contribution in [0.3, 0.4) is 0 Å². The maximum atomic E-state index is 5.39. The first-order chi connectivity index (χ1) is 12.8. The van der Waals surface area contributed by atoms with Crippen molar-refractivity contribution in [3.05, 3.63) is 6.07 Å². The fourth-order valence-electron chi connectivity index (χ4n) is 3.44. The number of piperidine rings is 1. The second-order valence-corrected chi connectivity index (χ2v) is 7.29. The molecular formula is C18H30N6OS. The van der Waals surface area contributed by atoms with Gasteiger partial charge in [0.05, 0.1) is 0 Å². The summed E-state index contributed by atoms with van der Waals surface area (Å²) >= 11 is 5.39. The van der Waals surface area contributed by atoms with Crippen molar-refractivity contribution in [1.29, 1.82) is 0 Å². The van der Waals surface area contributed by atoms with Gasteiger partial charge in [-0.15, -0.1) is 0 Å². The molecule has 0 amide bonds. The van der Waals surface area contributed by atoms with Crippen molar-refractivity contribution in [2.45, 2.75) is 38.5 Å². The monoisotopic (exact) mass is 378 g/mol. The van der Waals surface area contributed by atoms with Crippen molar-refractivity contribution in [1.82, 2.24) is 15.3 Å². The van der Waals surface area contributed by atoms with E-state index in [-0.39, 0.29) is 0 Å². The zero-order chi connectivity index (χ0) is 18.2. The van der Waals surface area contributed by atoms with Gasteiger partial charge in [0.25, 0.3) is 0 Å². The fourth-order valence-corrected chi connectivity index (χ4v) is 3.63. The van der Waals surface area contributed by atoms with E-state index in [0.717, 1.165) is 57.4 Å². The van der Waals surface area contributed by atoms with Crippen LogP contribution in [0.25, 0.3) is 0 Å². The van der Waals surface area contributed by atoms with Crippen LogP contribution in [0.1, 0.15) is 38.5 Å². The van der Waals surface area contributed by atoms with Gasteiger partial charge in [0.2, 0.25) is 5.95 Å². The van der Waals surface area contributed by atoms with E-state index in [2.05, 4.69) is 26.5 Å². The van der Waals surface area contributed by atoms with Gasteiger partial charge >= 0.3 is 0 Å². The van der Waals surface area contributed by atoms with Gasteiger partial charge in [-0.25, -0.2) is 0 Å². The summed E-state index contributed by atoms with van der Waals surface area (Å²) in [5, 5.41) is 6.91. The van der Waals surface area contributed by atoms with Crippen molar-refractivity contribution >= 4 is 34.9 Å². The molecule has 0 aromatic carbocycles. The van der Waals surface area contributed by atoms with Crippen molar-refractivity contribution < 1.29 is 4.74 Å². The Morgan fingerprint density at radius 3 is 2.19 bits per heavy atom. The summed E-state index contributed by atoms with van der Waals surface area (Å²) in [4.78, 5) is 14.2. The minimum atomic E-state index is 0.560. The van der Waals surface area contributed by atoms with Crippen LogP contribution in [0, 0.1) is 0 Å². The molecule has 7 nitrogen and oxygen atoms in total. The number of nitrogens with zero attached hydrogens (tertiary/aromatic N) is 4. The normalized spacial score (nSPS) is 17.4. The van der Waals surface area contributed by atoms with Gasteiger partial charge in [-0.05, 0) is 50.7 Å². The highest BCUT2D eigenvalue weighted by Gasteiger charge is 2.19. The van der Waals surface area contributed by atoms with E-state index >= 15 is 0 Å². The molecule has 3 heterocycles. The third-order valence-electron chi connectivity index (χ3n) is 4.85. The molecule has 0 bridgehead atoms. The lowest BCUT2D eigenvalue weighted by Gasteiger charge is -2.29. The van der Waals surface area contributed by atoms with Crippen molar-refractivity contribution in [3.8, 4) is 0 Å². The summed E-state index contributed by atoms with van der Waals surface area (Å²) in [6.07, 6.45) is 7.13. The molecule has 0 spiro atoms. The van der Waals surface area contributed by atoms with Crippen LogP contribution < -0.4 is 20.4 Å². The quantitative estimate of drug-likeness (QED) is 0.554. The number of nitrogens with one attached hydrogen (secondary N) is 2. The highest BCUT2D eigenvalue weighted by Crippen LogP contribution is 2.26. The summed E-state index contributed by atoms with van der Waals surface area (Å²) in [6, 6.07) is 2.14. The minimum Gasteiger partial charge on any atom is -0.385 e. The highest BCUT2D eigenvalue weighted by atomic mass is 32.1. The number of methoxy groups -OCH3 is 1. The first-order valence-electron chi connectivity index (χ1n) is 9.69. The molecule has 2 aliphatic heterocycles. The van der Waals surface area contributed by atoms with Crippen LogP contribution in [0.5, 0.6) is 0 Å². The molecule has 1 aromatic heterocycles. The molecule has 2 aliphatic rings. The third-order valence-corrected chi connectivity index (χ3v) is 5.09. The van der Waals surface area contributed by atoms with Gasteiger partial charge in [0.15, 0.2) is 5.11 Å². The van der Waals surface area contributed by atoms with Crippen LogP contribution in [-0.2, 0) is 4.74 Å². The molecular weight excluding hydrogens is 348 g/mol. The molecule has 2 fully saturated rings. The van der Waals surface area contributed by atoms with Crippen LogP contribution >= 0.6 is 12.2 Å². The first kappa shape index (κ1) is 19.1. The third kappa shape index (κ3) is 5.41. The average molecular weight is 379 g/mol. The zero-order valence-electron chi connectivity index (χ0n) is 15.7. The number of rotatable bonds is 7. The average Bonchev–Trinajstić information content (AvgIpc) is 3.21. The van der Waals surface area contributed by atoms with E-state index < -0.39 is 0 Å². The predicted octanol–water partition coefficient (Wildman–Crippen LogP) is 2.39. The van der Waals surface area contributed by atoms with Gasteiger partial charge < -0.3 is 25.2 Å². The molecule has 3 rings (SSSR count). The molecule has 144 valence electrons. The Labute approximate surface area is 161 Å². The molecule has 2 N–H and O–H groups in total. The summed E-state index contributed by atoms with van der Waals surface area (Å²) in [5.74, 6) is 2.59. The molecule has 0 saturated carbocycles. The Morgan fingerprint density at radius 2 is 1.62 bits per heavy atom. The fraction of sp³-hybridized carbons (Fsp3) is 0.722. The van der Waals surface area contributed by atoms with E-state index in [0.29, 0.717) is 11.1 Å². The van der Waals surface area contributed by atoms with E-state index in [1.54, 1.807) is 7.11 Å². The number of ether oxygens (including phenoxy) is 1. The van der Waals surface area contributed by atoms with Crippen molar-refractivity contribution in [3.63, 3.8) is 0 Å². The number of thiocarbonyl (C=S) groups is 1. The standard InChI is InChI=1S/C18H30N6OS/c1-25-13-7-8-19-18(26)22-17-20-15(23-9-3-2-4-10-23)14-16(21-17)24-11-5-6-12-24/h14H,2-13H2,1H3,(H2,19,20,21,22,26). The van der Waals surface area contributed by atoms with E-state index in [1.807, 2.05) is 0 Å². The Balaban J connectivity index is 1.70. The number of hydrogen-bond donors (Lipinski definition) is 2. The van der Waals surface area contributed by atoms with Gasteiger partial charge in [0, 0.05) is 52.5 Å². The van der Waals surface area contributed by atoms with Crippen LogP contribution in [0.2, 0.25) is 0 Å². The Kier molecular flexibility index (Phi) is 7.25. The number of hydrogen-bond acceptors (Lipinski definition) is 6. The molecule has 0 aliphatic carbocycles. The SMILES string of the molecule is COCCCNC(=S)Nc1nc(N2CCCCC2)cc(N2CCCC2)n1. The Morgan fingerprint density at radius 1 is 1.04 bits per heavy atom. The largest absolute Gasteiger partial charge is 0.385 e. The van der Waals surface area contributed by atoms with Crippen LogP contribution in [-0.4, -0.2) is 61.5 Å². The lowest BCUT2D eigenvalue weighted by Crippen LogP contribution is -2.33. The Bertz CT molecular complexity index is 587. The molecule has 0 unspecified atom stereocenters. The van der Waals surface area contributed by atoms with Crippen LogP contribution in [0.4, 0.5) is 17.6 Å². The first-order valence-corrected chi connectivity index (χ1v) is 10.1. The Hall–Kier alpha value is -1.67. The zero-order valence-corrected chi connectivity index (χ0v) is 16.5. The maximum Gasteiger partial charge on any atom is 0.232 e. The van der Waals surface area contributed by atoms with Crippen molar-refractivity contribution in [2.75, 3.05) is 61.6 Å². The molecule has 0 radical (unpaired) electrons. The van der Waals surface area contributed by atoms with E-state index in [9.17, 15) is 0 Å². The summed E-state index contributed by atoms with van der Waals surface area (Å²) < 4.78 is 5.06. The molecule has 8 heteroatoms. The molecule has 2 saturated heterocycles. The van der Waals surface area contributed by atoms with E-state index in [4.69, 9.17) is 26.9 Å². The van der Waals surface area contributed by atoms with Gasteiger partial charge in [0.1, 0.15) is 11.6 Å².